The van der Waals surface area contributed by atoms with Gasteiger partial charge in [0.25, 0.3) is 0 Å². The van der Waals surface area contributed by atoms with Crippen LogP contribution in [0, 0.1) is 5.41 Å². The second kappa shape index (κ2) is 14.3. The summed E-state index contributed by atoms with van der Waals surface area (Å²) >= 11 is 0.745. The lowest BCUT2D eigenvalue weighted by atomic mass is 9.69. The Kier molecular flexibility index (Phi) is 10.4. The lowest BCUT2D eigenvalue weighted by Crippen LogP contribution is -2.66. The number of nitrogens with zero attached hydrogens (tertiary/aromatic N) is 3. The van der Waals surface area contributed by atoms with Crippen LogP contribution in [0.2, 0.25) is 0 Å². The van der Waals surface area contributed by atoms with Gasteiger partial charge < -0.3 is 24.9 Å². The molecule has 0 spiro atoms. The Hall–Kier alpha value is -5.03. The Labute approximate surface area is 294 Å². The molecule has 3 amide bonds. The highest BCUT2D eigenvalue weighted by atomic mass is 32.1. The maximum absolute atomic E-state index is 14.3. The van der Waals surface area contributed by atoms with Crippen molar-refractivity contribution in [2.24, 2.45) is 5.41 Å². The van der Waals surface area contributed by atoms with Gasteiger partial charge in [0.2, 0.25) is 5.43 Å². The second-order valence-corrected chi connectivity index (χ2v) is 13.7. The second-order valence-electron chi connectivity index (χ2n) is 12.9. The van der Waals surface area contributed by atoms with Crippen LogP contribution < -0.4 is 16.1 Å². The quantitative estimate of drug-likeness (QED) is 0.150. The van der Waals surface area contributed by atoms with Gasteiger partial charge in [0.1, 0.15) is 16.4 Å². The van der Waals surface area contributed by atoms with Crippen LogP contribution in [0.3, 0.4) is 0 Å². The number of benzene rings is 1. The van der Waals surface area contributed by atoms with Gasteiger partial charge in [-0.05, 0) is 43.0 Å². The highest BCUT2D eigenvalue weighted by Crippen LogP contribution is 2.42. The Balaban J connectivity index is 1.69. The Morgan fingerprint density at radius 3 is 2.53 bits per heavy atom. The molecule has 1 unspecified atom stereocenters. The first-order valence-electron chi connectivity index (χ1n) is 16.0. The third-order valence-corrected chi connectivity index (χ3v) is 9.67. The van der Waals surface area contributed by atoms with E-state index in [2.05, 4.69) is 25.6 Å². The summed E-state index contributed by atoms with van der Waals surface area (Å²) in [5, 5.41) is 16.2. The zero-order valence-corrected chi connectivity index (χ0v) is 29.3. The third kappa shape index (κ3) is 7.39. The van der Waals surface area contributed by atoms with Crippen molar-refractivity contribution in [2.45, 2.75) is 52.8 Å². The number of aromatic nitrogens is 3. The number of hydrogen-bond donors (Lipinski definition) is 4. The van der Waals surface area contributed by atoms with Gasteiger partial charge in [-0.1, -0.05) is 26.8 Å². The maximum atomic E-state index is 14.3. The number of H-pyrrole nitrogens is 1. The van der Waals surface area contributed by atoms with E-state index in [1.807, 2.05) is 20.8 Å². The van der Waals surface area contributed by atoms with Gasteiger partial charge in [-0.15, -0.1) is 11.3 Å². The summed E-state index contributed by atoms with van der Waals surface area (Å²) in [6, 6.07) is 5.49. The summed E-state index contributed by atoms with van der Waals surface area (Å²) < 4.78 is 51.7. The molecule has 1 fully saturated rings. The number of carbonyl (C=O) groups is 3. The Morgan fingerprint density at radius 2 is 1.90 bits per heavy atom. The summed E-state index contributed by atoms with van der Waals surface area (Å²) in [6.45, 7) is 9.44. The number of carbonyl (C=O) groups excluding carboxylic acids is 2. The molecule has 5 rings (SSSR count). The minimum absolute atomic E-state index is 0.0115. The first kappa shape index (κ1) is 37.2. The molecule has 51 heavy (non-hydrogen) atoms. The van der Waals surface area contributed by atoms with Crippen LogP contribution in [0.25, 0.3) is 32.6 Å². The Bertz CT molecular complexity index is 2040. The monoisotopic (exact) mass is 730 g/mol. The molecule has 0 bridgehead atoms. The predicted octanol–water partition coefficient (Wildman–Crippen LogP) is 6.39. The number of ether oxygens (including phenoxy) is 2. The molecular formula is C34H37F3N6O7S. The largest absolute Gasteiger partial charge is 0.465 e. The van der Waals surface area contributed by atoms with Crippen molar-refractivity contribution in [2.75, 3.05) is 38.2 Å². The van der Waals surface area contributed by atoms with Crippen LogP contribution in [0.4, 0.5) is 28.6 Å². The maximum Gasteiger partial charge on any atom is 0.434 e. The highest BCUT2D eigenvalue weighted by molar-refractivity contribution is 7.13. The van der Waals surface area contributed by atoms with Crippen LogP contribution >= 0.6 is 11.3 Å². The number of morpholine rings is 1. The number of alkyl halides is 3. The van der Waals surface area contributed by atoms with Crippen LogP contribution in [0.15, 0.2) is 40.6 Å². The number of pyridine rings is 2. The fourth-order valence-electron chi connectivity index (χ4n) is 6.13. The van der Waals surface area contributed by atoms with E-state index in [1.165, 1.54) is 23.2 Å². The number of aromatic amines is 1. The van der Waals surface area contributed by atoms with Crippen molar-refractivity contribution in [3.8, 4) is 21.7 Å². The van der Waals surface area contributed by atoms with Gasteiger partial charge >= 0.3 is 24.3 Å². The van der Waals surface area contributed by atoms with Crippen LogP contribution in [0.1, 0.15) is 56.4 Å². The third-order valence-electron chi connectivity index (χ3n) is 8.79. The summed E-state index contributed by atoms with van der Waals surface area (Å²) in [7, 11) is 0. The SMILES string of the molecule is CCNC(=O)Nc1cc(-c2nc(C(F)(F)F)cs2)c(-c2ccc3[nH]c(CC4(C(C)(C)C)COCCN4C(=O)O)c(C(=O)OCC)c(=O)c3c2)cn1. The minimum Gasteiger partial charge on any atom is -0.465 e. The molecule has 1 atom stereocenters. The number of halogens is 3. The van der Waals surface area contributed by atoms with E-state index in [4.69, 9.17) is 9.47 Å². The molecule has 1 aliphatic heterocycles. The molecule has 1 aromatic carbocycles. The fraction of sp³-hybridized carbons (Fsp3) is 0.412. The zero-order valence-electron chi connectivity index (χ0n) is 28.5. The fourth-order valence-corrected chi connectivity index (χ4v) is 6.99. The summed E-state index contributed by atoms with van der Waals surface area (Å²) in [5.41, 5.74) is -2.66. The van der Waals surface area contributed by atoms with Crippen molar-refractivity contribution >= 4 is 46.2 Å². The number of carboxylic acid groups (broad SMARTS) is 1. The molecule has 0 aliphatic carbocycles. The van der Waals surface area contributed by atoms with Crippen molar-refractivity contribution in [1.29, 1.82) is 0 Å². The highest BCUT2D eigenvalue weighted by Gasteiger charge is 2.52. The van der Waals surface area contributed by atoms with E-state index in [0.717, 1.165) is 16.7 Å². The molecule has 4 heterocycles. The number of urea groups is 1. The average Bonchev–Trinajstić information content (AvgIpc) is 3.56. The molecule has 4 aromatic rings. The smallest absolute Gasteiger partial charge is 0.434 e. The van der Waals surface area contributed by atoms with E-state index >= 15 is 0 Å². The molecule has 272 valence electrons. The number of amides is 3. The van der Waals surface area contributed by atoms with E-state index in [1.54, 1.807) is 26.0 Å². The normalized spacial score (nSPS) is 16.6. The lowest BCUT2D eigenvalue weighted by molar-refractivity contribution is -0.140. The number of anilines is 1. The van der Waals surface area contributed by atoms with Crippen LogP contribution in [0.5, 0.6) is 0 Å². The average molecular weight is 731 g/mol. The number of rotatable bonds is 8. The van der Waals surface area contributed by atoms with Gasteiger partial charge in [0, 0.05) is 58.8 Å². The summed E-state index contributed by atoms with van der Waals surface area (Å²) in [4.78, 5) is 65.0. The van der Waals surface area contributed by atoms with Gasteiger partial charge in [-0.25, -0.2) is 24.4 Å². The standard InChI is InChI=1S/C34H37F3N6O7S/c1-6-38-30(46)42-25-13-19(28-41-24(16-51-28)34(35,36)37)21(15-39-25)18-8-9-22-20(12-18)27(44)26(29(45)50-7-2)23(40-22)14-33(32(3,4)5)17-49-11-10-43(33)31(47)48/h8-9,12-13,15-16H,6-7,10-11,14,17H2,1-5H3,(H,40,44)(H,47,48)(H2,38,39,42,46). The van der Waals surface area contributed by atoms with Crippen molar-refractivity contribution in [3.05, 3.63) is 63.0 Å². The number of nitrogens with one attached hydrogen (secondary N) is 3. The molecule has 1 saturated heterocycles. The molecule has 13 nitrogen and oxygen atoms in total. The summed E-state index contributed by atoms with van der Waals surface area (Å²) in [6.07, 6.45) is -4.60. The number of fused-ring (bicyclic) bond motifs is 1. The van der Waals surface area contributed by atoms with Gasteiger partial charge in [-0.3, -0.25) is 15.0 Å². The van der Waals surface area contributed by atoms with Crippen LogP contribution in [-0.4, -0.2) is 81.5 Å². The molecular weight excluding hydrogens is 693 g/mol. The summed E-state index contributed by atoms with van der Waals surface area (Å²) in [5.74, 6) is -0.861. The minimum atomic E-state index is -4.70. The Morgan fingerprint density at radius 1 is 1.16 bits per heavy atom. The number of thiazole rings is 1. The molecule has 3 aromatic heterocycles. The lowest BCUT2D eigenvalue weighted by Gasteiger charge is -2.53. The number of esters is 1. The first-order valence-corrected chi connectivity index (χ1v) is 16.9. The van der Waals surface area contributed by atoms with Crippen molar-refractivity contribution in [1.82, 2.24) is 25.2 Å². The molecule has 0 radical (unpaired) electrons. The van der Waals surface area contributed by atoms with E-state index in [-0.39, 0.29) is 65.8 Å². The zero-order chi connectivity index (χ0) is 37.3. The van der Waals surface area contributed by atoms with Crippen molar-refractivity contribution in [3.63, 3.8) is 0 Å². The molecule has 4 N–H and O–H groups in total. The van der Waals surface area contributed by atoms with E-state index in [0.29, 0.717) is 23.2 Å². The first-order chi connectivity index (χ1) is 24.0. The van der Waals surface area contributed by atoms with E-state index < -0.39 is 46.3 Å². The molecule has 1 aliphatic rings. The van der Waals surface area contributed by atoms with Gasteiger partial charge in [0.15, 0.2) is 5.69 Å². The number of hydrogen-bond acceptors (Lipinski definition) is 9. The predicted molar refractivity (Wildman–Crippen MR) is 184 cm³/mol. The van der Waals surface area contributed by atoms with E-state index in [9.17, 15) is 37.5 Å². The van der Waals surface area contributed by atoms with Gasteiger partial charge in [0.05, 0.1) is 25.4 Å². The van der Waals surface area contributed by atoms with Gasteiger partial charge in [-0.2, -0.15) is 13.2 Å². The molecule has 0 saturated carbocycles. The molecule has 17 heteroatoms. The van der Waals surface area contributed by atoms with Crippen LogP contribution in [-0.2, 0) is 22.1 Å². The van der Waals surface area contributed by atoms with Crippen molar-refractivity contribution < 1.29 is 42.1 Å². The topological polar surface area (TPSA) is 176 Å².